The van der Waals surface area contributed by atoms with Gasteiger partial charge < -0.3 is 0 Å². The zero-order valence-electron chi connectivity index (χ0n) is 15.6. The molecule has 6 heteroatoms. The second kappa shape index (κ2) is 8.24. The summed E-state index contributed by atoms with van der Waals surface area (Å²) in [4.78, 5) is 2.55. The van der Waals surface area contributed by atoms with Crippen molar-refractivity contribution in [2.45, 2.75) is 11.4 Å². The summed E-state index contributed by atoms with van der Waals surface area (Å²) in [5.74, 6) is 0. The van der Waals surface area contributed by atoms with Crippen LogP contribution in [0, 0.1) is 0 Å². The van der Waals surface area contributed by atoms with E-state index in [9.17, 15) is 8.42 Å². The summed E-state index contributed by atoms with van der Waals surface area (Å²) >= 11 is 0. The topological polar surface area (TPSA) is 62.4 Å². The Hall–Kier alpha value is -3.51. The van der Waals surface area contributed by atoms with Crippen LogP contribution in [0.3, 0.4) is 0 Å². The van der Waals surface area contributed by atoms with Gasteiger partial charge in [-0.3, -0.25) is 0 Å². The van der Waals surface area contributed by atoms with Gasteiger partial charge in [-0.1, -0.05) is 66.7 Å². The van der Waals surface area contributed by atoms with E-state index in [4.69, 9.17) is 0 Å². The van der Waals surface area contributed by atoms with Crippen LogP contribution < -0.4 is 9.40 Å². The molecule has 0 aliphatic heterocycles. The molecule has 29 heavy (non-hydrogen) atoms. The first-order chi connectivity index (χ1) is 14.1. The summed E-state index contributed by atoms with van der Waals surface area (Å²) in [6, 6.07) is 27.9. The van der Waals surface area contributed by atoms with Crippen molar-refractivity contribution in [3.05, 3.63) is 109 Å². The summed E-state index contributed by atoms with van der Waals surface area (Å²) in [5, 5.41) is 6.52. The average Bonchev–Trinajstić information content (AvgIpc) is 2.78. The third-order valence-corrected chi connectivity index (χ3v) is 5.76. The van der Waals surface area contributed by atoms with E-state index in [1.807, 2.05) is 71.6 Å². The molecule has 0 aliphatic rings. The second-order valence-corrected chi connectivity index (χ2v) is 8.24. The summed E-state index contributed by atoms with van der Waals surface area (Å²) in [6.07, 6.45) is 3.99. The van der Waals surface area contributed by atoms with Gasteiger partial charge in [0.15, 0.2) is 18.9 Å². The average molecular weight is 402 g/mol. The van der Waals surface area contributed by atoms with Gasteiger partial charge in [0, 0.05) is 17.0 Å². The quantitative estimate of drug-likeness (QED) is 0.305. The van der Waals surface area contributed by atoms with E-state index in [0.29, 0.717) is 12.3 Å². The smallest absolute Gasteiger partial charge is 0.200 e. The number of hydrogen-bond acceptors (Lipinski definition) is 3. The van der Waals surface area contributed by atoms with Gasteiger partial charge >= 0.3 is 0 Å². The first-order valence-electron chi connectivity index (χ1n) is 9.18. The van der Waals surface area contributed by atoms with Crippen LogP contribution in [-0.4, -0.2) is 14.1 Å². The zero-order chi connectivity index (χ0) is 20.1. The molecule has 0 unspecified atom stereocenters. The number of pyridine rings is 1. The number of hydrogen-bond donors (Lipinski definition) is 1. The Balaban J connectivity index is 1.67. The van der Waals surface area contributed by atoms with Crippen LogP contribution in [0.1, 0.15) is 5.56 Å². The summed E-state index contributed by atoms with van der Waals surface area (Å²) in [6.45, 7) is 0.423. The van der Waals surface area contributed by atoms with Crippen molar-refractivity contribution in [1.82, 2.24) is 4.83 Å². The number of rotatable bonds is 6. The Bertz CT molecular complexity index is 1260. The first-order valence-corrected chi connectivity index (χ1v) is 10.7. The fraction of sp³-hybridized carbons (Fsp3) is 0.0435. The Kier molecular flexibility index (Phi) is 5.35. The summed E-state index contributed by atoms with van der Waals surface area (Å²) in [7, 11) is -3.74. The summed E-state index contributed by atoms with van der Waals surface area (Å²) < 4.78 is 27.1. The highest BCUT2D eigenvalue weighted by atomic mass is 32.2. The number of nitrogens with zero attached hydrogens (tertiary/aromatic N) is 2. The molecule has 144 valence electrons. The van der Waals surface area contributed by atoms with Crippen LogP contribution in [0.2, 0.25) is 0 Å². The van der Waals surface area contributed by atoms with Gasteiger partial charge in [-0.25, -0.2) is 0 Å². The van der Waals surface area contributed by atoms with Crippen molar-refractivity contribution in [3.63, 3.8) is 0 Å². The molecule has 0 saturated heterocycles. The molecule has 1 aromatic heterocycles. The molecule has 0 bridgehead atoms. The van der Waals surface area contributed by atoms with Crippen LogP contribution in [0.25, 0.3) is 10.8 Å². The van der Waals surface area contributed by atoms with Crippen LogP contribution in [0.5, 0.6) is 0 Å². The number of nitrogens with one attached hydrogen (secondary N) is 1. The van der Waals surface area contributed by atoms with E-state index in [1.54, 1.807) is 18.2 Å². The Morgan fingerprint density at radius 3 is 2.14 bits per heavy atom. The lowest BCUT2D eigenvalue weighted by Crippen LogP contribution is -2.38. The highest BCUT2D eigenvalue weighted by Gasteiger charge is 2.15. The maximum Gasteiger partial charge on any atom is 0.276 e. The van der Waals surface area contributed by atoms with E-state index in [2.05, 4.69) is 16.0 Å². The lowest BCUT2D eigenvalue weighted by Gasteiger charge is -2.07. The van der Waals surface area contributed by atoms with Crippen molar-refractivity contribution in [3.8, 4) is 0 Å². The van der Waals surface area contributed by atoms with E-state index < -0.39 is 10.0 Å². The van der Waals surface area contributed by atoms with Crippen molar-refractivity contribution < 1.29 is 13.0 Å². The highest BCUT2D eigenvalue weighted by molar-refractivity contribution is 7.89. The molecular formula is C23H20N3O2S+. The van der Waals surface area contributed by atoms with Gasteiger partial charge in [-0.2, -0.15) is 22.9 Å². The molecule has 1 N–H and O–H groups in total. The fourth-order valence-electron chi connectivity index (χ4n) is 3.04. The molecule has 0 aliphatic carbocycles. The number of benzene rings is 3. The van der Waals surface area contributed by atoms with Crippen LogP contribution >= 0.6 is 0 Å². The zero-order valence-corrected chi connectivity index (χ0v) is 16.5. The Labute approximate surface area is 170 Å². The monoisotopic (exact) mass is 402 g/mol. The molecule has 1 heterocycles. The van der Waals surface area contributed by atoms with E-state index >= 15 is 0 Å². The van der Waals surface area contributed by atoms with E-state index in [1.165, 1.54) is 12.1 Å². The largest absolute Gasteiger partial charge is 0.276 e. The van der Waals surface area contributed by atoms with Crippen molar-refractivity contribution in [2.24, 2.45) is 5.10 Å². The predicted molar refractivity (Wildman–Crippen MR) is 114 cm³/mol. The Morgan fingerprint density at radius 1 is 0.793 bits per heavy atom. The molecule has 0 fully saturated rings. The molecule has 0 spiro atoms. The predicted octanol–water partition coefficient (Wildman–Crippen LogP) is 3.51. The molecule has 0 amide bonds. The molecule has 3 aromatic carbocycles. The first kappa shape index (κ1) is 18.8. The lowest BCUT2D eigenvalue weighted by atomic mass is 10.1. The molecule has 0 radical (unpaired) electrons. The van der Waals surface area contributed by atoms with Crippen molar-refractivity contribution in [2.75, 3.05) is 0 Å². The SMILES string of the molecule is O=S(=O)(N/N=C(/C[n+]1ccc2ccccc2c1)c1ccccc1)c1ccccc1. The number of sulfonamides is 1. The lowest BCUT2D eigenvalue weighted by molar-refractivity contribution is -0.680. The van der Waals surface area contributed by atoms with Crippen molar-refractivity contribution in [1.29, 1.82) is 0 Å². The molecule has 5 nitrogen and oxygen atoms in total. The maximum atomic E-state index is 12.6. The molecular weight excluding hydrogens is 382 g/mol. The van der Waals surface area contributed by atoms with Gasteiger partial charge in [-0.15, -0.1) is 0 Å². The van der Waals surface area contributed by atoms with Gasteiger partial charge in [-0.05, 0) is 23.6 Å². The van der Waals surface area contributed by atoms with E-state index in [0.717, 1.165) is 16.3 Å². The highest BCUT2D eigenvalue weighted by Crippen LogP contribution is 2.11. The van der Waals surface area contributed by atoms with Gasteiger partial charge in [0.25, 0.3) is 10.0 Å². The minimum Gasteiger partial charge on any atom is -0.200 e. The number of fused-ring (bicyclic) bond motifs is 1. The maximum absolute atomic E-state index is 12.6. The second-order valence-electron chi connectivity index (χ2n) is 6.58. The van der Waals surface area contributed by atoms with Gasteiger partial charge in [0.2, 0.25) is 0 Å². The molecule has 4 rings (SSSR count). The van der Waals surface area contributed by atoms with E-state index in [-0.39, 0.29) is 4.90 Å². The van der Waals surface area contributed by atoms with Crippen molar-refractivity contribution >= 4 is 26.5 Å². The minimum atomic E-state index is -3.74. The van der Waals surface area contributed by atoms with Crippen LogP contribution in [0.15, 0.2) is 113 Å². The van der Waals surface area contributed by atoms with Crippen LogP contribution in [-0.2, 0) is 16.6 Å². The fourth-order valence-corrected chi connectivity index (χ4v) is 3.89. The standard InChI is InChI=1S/C23H20N3O2S/c27-29(28,22-13-5-2-6-14-22)25-24-23(20-10-3-1-4-11-20)18-26-16-15-19-9-7-8-12-21(19)17-26/h1-17,25H,18H2/q+1/b24-23-. The molecule has 4 aromatic rings. The molecule has 0 saturated carbocycles. The number of hydrazone groups is 1. The summed E-state index contributed by atoms with van der Waals surface area (Å²) in [5.41, 5.74) is 1.47. The third-order valence-electron chi connectivity index (χ3n) is 4.54. The van der Waals surface area contributed by atoms with Gasteiger partial charge in [0.05, 0.1) is 4.90 Å². The van der Waals surface area contributed by atoms with Gasteiger partial charge in [0.1, 0.15) is 5.71 Å². The Morgan fingerprint density at radius 2 is 1.41 bits per heavy atom. The molecule has 0 atom stereocenters. The third kappa shape index (κ3) is 4.50. The van der Waals surface area contributed by atoms with Crippen LogP contribution in [0.4, 0.5) is 0 Å². The number of aromatic nitrogens is 1. The normalized spacial score (nSPS) is 12.1. The minimum absolute atomic E-state index is 0.175.